The lowest BCUT2D eigenvalue weighted by Gasteiger charge is -2.09. The second kappa shape index (κ2) is 5.33. The SMILES string of the molecule is COc1ncnc(Oc2ccc(CO)cc2)c1N. The Morgan fingerprint density at radius 3 is 2.44 bits per heavy atom. The maximum Gasteiger partial charge on any atom is 0.249 e. The molecule has 0 aliphatic rings. The summed E-state index contributed by atoms with van der Waals surface area (Å²) in [7, 11) is 1.47. The minimum Gasteiger partial charge on any atom is -0.479 e. The number of benzene rings is 1. The predicted octanol–water partition coefficient (Wildman–Crippen LogP) is 1.35. The zero-order chi connectivity index (χ0) is 13.0. The number of methoxy groups -OCH3 is 1. The van der Waals surface area contributed by atoms with Crippen molar-refractivity contribution >= 4 is 5.69 Å². The number of aliphatic hydroxyl groups is 1. The Kier molecular flexibility index (Phi) is 3.59. The van der Waals surface area contributed by atoms with E-state index in [2.05, 4.69) is 9.97 Å². The van der Waals surface area contributed by atoms with Gasteiger partial charge in [-0.3, -0.25) is 0 Å². The zero-order valence-corrected chi connectivity index (χ0v) is 9.83. The minimum absolute atomic E-state index is 0.0102. The van der Waals surface area contributed by atoms with Crippen molar-refractivity contribution in [1.29, 1.82) is 0 Å². The lowest BCUT2D eigenvalue weighted by atomic mass is 10.2. The Bertz CT molecular complexity index is 529. The van der Waals surface area contributed by atoms with E-state index >= 15 is 0 Å². The predicted molar refractivity (Wildman–Crippen MR) is 65.4 cm³/mol. The van der Waals surface area contributed by atoms with E-state index in [1.165, 1.54) is 13.4 Å². The molecule has 94 valence electrons. The third-order valence-electron chi connectivity index (χ3n) is 2.32. The van der Waals surface area contributed by atoms with Crippen LogP contribution in [-0.2, 0) is 6.61 Å². The number of anilines is 1. The first-order valence-corrected chi connectivity index (χ1v) is 5.26. The van der Waals surface area contributed by atoms with Crippen molar-refractivity contribution in [3.63, 3.8) is 0 Å². The summed E-state index contributed by atoms with van der Waals surface area (Å²) in [6, 6.07) is 6.95. The molecule has 0 aliphatic carbocycles. The molecule has 0 saturated carbocycles. The van der Waals surface area contributed by atoms with Crippen LogP contribution in [0.15, 0.2) is 30.6 Å². The number of nitrogen functional groups attached to an aromatic ring is 1. The third-order valence-corrected chi connectivity index (χ3v) is 2.32. The van der Waals surface area contributed by atoms with Crippen LogP contribution in [-0.4, -0.2) is 22.2 Å². The maximum absolute atomic E-state index is 8.93. The molecule has 0 unspecified atom stereocenters. The van der Waals surface area contributed by atoms with Gasteiger partial charge in [-0.25, -0.2) is 0 Å². The first kappa shape index (κ1) is 12.1. The number of hydrogen-bond donors (Lipinski definition) is 2. The van der Waals surface area contributed by atoms with Gasteiger partial charge in [0.25, 0.3) is 0 Å². The monoisotopic (exact) mass is 247 g/mol. The first-order valence-electron chi connectivity index (χ1n) is 5.26. The van der Waals surface area contributed by atoms with Gasteiger partial charge >= 0.3 is 0 Å². The highest BCUT2D eigenvalue weighted by Crippen LogP contribution is 2.30. The molecule has 0 aliphatic heterocycles. The maximum atomic E-state index is 8.93. The first-order chi connectivity index (χ1) is 8.74. The lowest BCUT2D eigenvalue weighted by Crippen LogP contribution is -2.00. The van der Waals surface area contributed by atoms with E-state index in [1.54, 1.807) is 24.3 Å². The van der Waals surface area contributed by atoms with E-state index in [0.717, 1.165) is 5.56 Å². The molecule has 0 saturated heterocycles. The molecule has 0 amide bonds. The molecule has 0 spiro atoms. The van der Waals surface area contributed by atoms with E-state index in [4.69, 9.17) is 20.3 Å². The molecular weight excluding hydrogens is 234 g/mol. The van der Waals surface area contributed by atoms with Crippen LogP contribution < -0.4 is 15.2 Å². The highest BCUT2D eigenvalue weighted by atomic mass is 16.5. The quantitative estimate of drug-likeness (QED) is 0.847. The van der Waals surface area contributed by atoms with Gasteiger partial charge in [-0.1, -0.05) is 12.1 Å². The Hall–Kier alpha value is -2.34. The number of rotatable bonds is 4. The molecule has 0 bridgehead atoms. The van der Waals surface area contributed by atoms with Crippen LogP contribution in [0.1, 0.15) is 5.56 Å². The van der Waals surface area contributed by atoms with E-state index in [1.807, 2.05) is 0 Å². The van der Waals surface area contributed by atoms with E-state index < -0.39 is 0 Å². The topological polar surface area (TPSA) is 90.5 Å². The Morgan fingerprint density at radius 2 is 1.83 bits per heavy atom. The van der Waals surface area contributed by atoms with Gasteiger partial charge in [-0.2, -0.15) is 9.97 Å². The molecule has 1 aromatic carbocycles. The summed E-state index contributed by atoms with van der Waals surface area (Å²) in [6.07, 6.45) is 1.31. The van der Waals surface area contributed by atoms with Crippen molar-refractivity contribution in [1.82, 2.24) is 9.97 Å². The van der Waals surface area contributed by atoms with Crippen molar-refractivity contribution in [3.05, 3.63) is 36.2 Å². The second-order valence-corrected chi connectivity index (χ2v) is 3.51. The van der Waals surface area contributed by atoms with Crippen LogP contribution in [0.25, 0.3) is 0 Å². The molecule has 18 heavy (non-hydrogen) atoms. The molecule has 1 aromatic heterocycles. The number of hydrogen-bond acceptors (Lipinski definition) is 6. The van der Waals surface area contributed by atoms with Crippen LogP contribution in [0.4, 0.5) is 5.69 Å². The summed E-state index contributed by atoms with van der Waals surface area (Å²) in [5.74, 6) is 1.07. The van der Waals surface area contributed by atoms with Crippen LogP contribution in [0.2, 0.25) is 0 Å². The van der Waals surface area contributed by atoms with Gasteiger partial charge in [-0.15, -0.1) is 0 Å². The van der Waals surface area contributed by atoms with Crippen LogP contribution in [0.3, 0.4) is 0 Å². The van der Waals surface area contributed by atoms with Gasteiger partial charge in [0.15, 0.2) is 5.69 Å². The van der Waals surface area contributed by atoms with Crippen molar-refractivity contribution < 1.29 is 14.6 Å². The minimum atomic E-state index is -0.0102. The van der Waals surface area contributed by atoms with Crippen molar-refractivity contribution in [3.8, 4) is 17.5 Å². The zero-order valence-electron chi connectivity index (χ0n) is 9.83. The molecule has 0 radical (unpaired) electrons. The van der Waals surface area contributed by atoms with Crippen LogP contribution in [0, 0.1) is 0 Å². The second-order valence-electron chi connectivity index (χ2n) is 3.51. The molecule has 6 heteroatoms. The molecule has 0 atom stereocenters. The molecule has 1 heterocycles. The Morgan fingerprint density at radius 1 is 1.17 bits per heavy atom. The average molecular weight is 247 g/mol. The molecule has 0 fully saturated rings. The normalized spacial score (nSPS) is 10.1. The number of aromatic nitrogens is 2. The molecular formula is C12H13N3O3. The fourth-order valence-corrected chi connectivity index (χ4v) is 1.38. The highest BCUT2D eigenvalue weighted by Gasteiger charge is 2.10. The smallest absolute Gasteiger partial charge is 0.249 e. The summed E-state index contributed by atoms with van der Waals surface area (Å²) in [4.78, 5) is 7.79. The highest BCUT2D eigenvalue weighted by molar-refractivity contribution is 5.56. The largest absolute Gasteiger partial charge is 0.479 e. The van der Waals surface area contributed by atoms with Gasteiger partial charge < -0.3 is 20.3 Å². The number of nitrogens with zero attached hydrogens (tertiary/aromatic N) is 2. The van der Waals surface area contributed by atoms with Crippen molar-refractivity contribution in [2.45, 2.75) is 6.61 Å². The molecule has 2 rings (SSSR count). The standard InChI is InChI=1S/C12H13N3O3/c1-17-11-10(13)12(15-7-14-11)18-9-4-2-8(6-16)3-5-9/h2-5,7,16H,6,13H2,1H3. The number of ether oxygens (including phenoxy) is 2. The summed E-state index contributed by atoms with van der Waals surface area (Å²) >= 11 is 0. The summed E-state index contributed by atoms with van der Waals surface area (Å²) in [6.45, 7) is -0.0102. The van der Waals surface area contributed by atoms with Gasteiger partial charge in [0.05, 0.1) is 13.7 Å². The van der Waals surface area contributed by atoms with E-state index in [0.29, 0.717) is 5.75 Å². The molecule has 3 N–H and O–H groups in total. The fourth-order valence-electron chi connectivity index (χ4n) is 1.38. The van der Waals surface area contributed by atoms with Crippen LogP contribution >= 0.6 is 0 Å². The summed E-state index contributed by atoms with van der Waals surface area (Å²) in [5, 5.41) is 8.93. The van der Waals surface area contributed by atoms with Crippen molar-refractivity contribution in [2.75, 3.05) is 12.8 Å². The number of nitrogens with two attached hydrogens (primary N) is 1. The Labute approximate surface area is 104 Å². The molecule has 2 aromatic rings. The van der Waals surface area contributed by atoms with E-state index in [9.17, 15) is 0 Å². The lowest BCUT2D eigenvalue weighted by molar-refractivity contribution is 0.281. The van der Waals surface area contributed by atoms with E-state index in [-0.39, 0.29) is 24.1 Å². The van der Waals surface area contributed by atoms with Gasteiger partial charge in [0, 0.05) is 0 Å². The average Bonchev–Trinajstić information content (AvgIpc) is 2.42. The van der Waals surface area contributed by atoms with Crippen molar-refractivity contribution in [2.24, 2.45) is 0 Å². The fraction of sp³-hybridized carbons (Fsp3) is 0.167. The van der Waals surface area contributed by atoms with Gasteiger partial charge in [-0.05, 0) is 17.7 Å². The molecule has 6 nitrogen and oxygen atoms in total. The number of aliphatic hydroxyl groups excluding tert-OH is 1. The Balaban J connectivity index is 2.22. The summed E-state index contributed by atoms with van der Waals surface area (Å²) in [5.41, 5.74) is 6.83. The third kappa shape index (κ3) is 2.49. The van der Waals surface area contributed by atoms with Crippen LogP contribution in [0.5, 0.6) is 17.5 Å². The van der Waals surface area contributed by atoms with Gasteiger partial charge in [0.1, 0.15) is 12.1 Å². The summed E-state index contributed by atoms with van der Waals surface area (Å²) < 4.78 is 10.5. The van der Waals surface area contributed by atoms with Gasteiger partial charge in [0.2, 0.25) is 11.8 Å².